The van der Waals surface area contributed by atoms with Crippen molar-refractivity contribution in [3.63, 3.8) is 0 Å². The number of benzene rings is 2. The summed E-state index contributed by atoms with van der Waals surface area (Å²) >= 11 is 3.59. The van der Waals surface area contributed by atoms with Crippen LogP contribution in [0.3, 0.4) is 0 Å². The van der Waals surface area contributed by atoms with E-state index in [-0.39, 0.29) is 0 Å². The van der Waals surface area contributed by atoms with Crippen LogP contribution in [0.4, 0.5) is 0 Å². The molecule has 0 radical (unpaired) electrons. The van der Waals surface area contributed by atoms with Crippen molar-refractivity contribution < 1.29 is 0 Å². The SMILES string of the molecule is BrCC[C@H]1C[C@H](c2ccccc2)c2ccccc21. The van der Waals surface area contributed by atoms with Crippen LogP contribution in [-0.4, -0.2) is 5.33 Å². The van der Waals surface area contributed by atoms with Crippen LogP contribution in [0.2, 0.25) is 0 Å². The Morgan fingerprint density at radius 3 is 2.28 bits per heavy atom. The summed E-state index contributed by atoms with van der Waals surface area (Å²) in [5, 5.41) is 1.09. The Kier molecular flexibility index (Phi) is 3.51. The standard InChI is InChI=1S/C17H17Br/c18-11-10-14-12-17(13-6-2-1-3-7-13)16-9-5-4-8-15(14)16/h1-9,14,17H,10-12H2/t14-,17+/m0/s1. The van der Waals surface area contributed by atoms with Gasteiger partial charge in [-0.1, -0.05) is 70.5 Å². The van der Waals surface area contributed by atoms with Crippen molar-refractivity contribution in [3.05, 3.63) is 71.3 Å². The van der Waals surface area contributed by atoms with Crippen molar-refractivity contribution in [2.45, 2.75) is 24.7 Å². The van der Waals surface area contributed by atoms with Gasteiger partial charge in [-0.2, -0.15) is 0 Å². The van der Waals surface area contributed by atoms with Gasteiger partial charge in [-0.3, -0.25) is 0 Å². The topological polar surface area (TPSA) is 0 Å². The average Bonchev–Trinajstić information content (AvgIpc) is 2.80. The van der Waals surface area contributed by atoms with Crippen LogP contribution in [0.1, 0.15) is 41.4 Å². The predicted octanol–water partition coefficient (Wildman–Crippen LogP) is 5.09. The molecule has 1 heteroatoms. The van der Waals surface area contributed by atoms with Crippen LogP contribution in [0.25, 0.3) is 0 Å². The van der Waals surface area contributed by atoms with Crippen LogP contribution in [0, 0.1) is 0 Å². The second kappa shape index (κ2) is 5.27. The Balaban J connectivity index is 1.99. The summed E-state index contributed by atoms with van der Waals surface area (Å²) < 4.78 is 0. The van der Waals surface area contributed by atoms with E-state index in [0.717, 1.165) is 5.33 Å². The fraction of sp³-hybridized carbons (Fsp3) is 0.294. The lowest BCUT2D eigenvalue weighted by Crippen LogP contribution is -1.96. The molecule has 0 saturated heterocycles. The highest BCUT2D eigenvalue weighted by Gasteiger charge is 2.30. The number of hydrogen-bond donors (Lipinski definition) is 0. The van der Waals surface area contributed by atoms with E-state index in [1.54, 1.807) is 5.56 Å². The van der Waals surface area contributed by atoms with E-state index in [9.17, 15) is 0 Å². The van der Waals surface area contributed by atoms with Gasteiger partial charge in [0.15, 0.2) is 0 Å². The van der Waals surface area contributed by atoms with Crippen molar-refractivity contribution in [1.82, 2.24) is 0 Å². The molecular formula is C17H17Br. The molecule has 0 bridgehead atoms. The summed E-state index contributed by atoms with van der Waals surface area (Å²) in [7, 11) is 0. The van der Waals surface area contributed by atoms with Gasteiger partial charge in [0.05, 0.1) is 0 Å². The van der Waals surface area contributed by atoms with Gasteiger partial charge in [-0.25, -0.2) is 0 Å². The molecule has 2 aromatic rings. The Hall–Kier alpha value is -1.08. The van der Waals surface area contributed by atoms with E-state index < -0.39 is 0 Å². The normalized spacial score (nSPS) is 21.8. The first kappa shape index (κ1) is 12.0. The van der Waals surface area contributed by atoms with Crippen molar-refractivity contribution in [2.24, 2.45) is 0 Å². The van der Waals surface area contributed by atoms with Gasteiger partial charge in [0.25, 0.3) is 0 Å². The highest BCUT2D eigenvalue weighted by atomic mass is 79.9. The third-order valence-electron chi connectivity index (χ3n) is 3.99. The monoisotopic (exact) mass is 300 g/mol. The summed E-state index contributed by atoms with van der Waals surface area (Å²) in [5.74, 6) is 1.30. The molecule has 0 spiro atoms. The van der Waals surface area contributed by atoms with Gasteiger partial charge in [0, 0.05) is 11.2 Å². The molecule has 0 nitrogen and oxygen atoms in total. The molecular weight excluding hydrogens is 284 g/mol. The largest absolute Gasteiger partial charge is 0.0928 e. The Labute approximate surface area is 117 Å². The molecule has 0 N–H and O–H groups in total. The van der Waals surface area contributed by atoms with E-state index in [1.807, 2.05) is 0 Å². The van der Waals surface area contributed by atoms with Gasteiger partial charge in [0.2, 0.25) is 0 Å². The molecule has 0 aliphatic heterocycles. The minimum absolute atomic E-state index is 0.589. The van der Waals surface area contributed by atoms with E-state index >= 15 is 0 Å². The zero-order valence-corrected chi connectivity index (χ0v) is 11.9. The Bertz CT molecular complexity index is 518. The maximum absolute atomic E-state index is 3.59. The Morgan fingerprint density at radius 2 is 1.56 bits per heavy atom. The first-order chi connectivity index (χ1) is 8.90. The molecule has 0 amide bonds. The van der Waals surface area contributed by atoms with Gasteiger partial charge < -0.3 is 0 Å². The second-order valence-electron chi connectivity index (χ2n) is 5.00. The number of alkyl halides is 1. The molecule has 0 heterocycles. The van der Waals surface area contributed by atoms with Crippen LogP contribution < -0.4 is 0 Å². The summed E-state index contributed by atoms with van der Waals surface area (Å²) in [6.07, 6.45) is 2.50. The Morgan fingerprint density at radius 1 is 0.889 bits per heavy atom. The summed E-state index contributed by atoms with van der Waals surface area (Å²) in [6.45, 7) is 0. The number of halogens is 1. The fourth-order valence-electron chi connectivity index (χ4n) is 3.14. The molecule has 18 heavy (non-hydrogen) atoms. The fourth-order valence-corrected chi connectivity index (χ4v) is 3.70. The van der Waals surface area contributed by atoms with E-state index in [1.165, 1.54) is 24.0 Å². The van der Waals surface area contributed by atoms with Gasteiger partial charge >= 0.3 is 0 Å². The van der Waals surface area contributed by atoms with Gasteiger partial charge in [-0.05, 0) is 35.4 Å². The quantitative estimate of drug-likeness (QED) is 0.693. The maximum Gasteiger partial charge on any atom is 0.00979 e. The van der Waals surface area contributed by atoms with Crippen molar-refractivity contribution in [2.75, 3.05) is 5.33 Å². The maximum atomic E-state index is 3.59. The molecule has 0 saturated carbocycles. The molecule has 0 aromatic heterocycles. The predicted molar refractivity (Wildman–Crippen MR) is 80.5 cm³/mol. The summed E-state index contributed by atoms with van der Waals surface area (Å²) in [6, 6.07) is 19.9. The molecule has 2 aromatic carbocycles. The molecule has 1 aliphatic rings. The van der Waals surface area contributed by atoms with Crippen LogP contribution in [-0.2, 0) is 0 Å². The minimum atomic E-state index is 0.589. The highest BCUT2D eigenvalue weighted by Crippen LogP contribution is 2.46. The first-order valence-electron chi connectivity index (χ1n) is 6.60. The molecule has 1 aliphatic carbocycles. The molecule has 3 rings (SSSR count). The highest BCUT2D eigenvalue weighted by molar-refractivity contribution is 9.09. The van der Waals surface area contributed by atoms with Gasteiger partial charge in [-0.15, -0.1) is 0 Å². The third kappa shape index (κ3) is 2.12. The summed E-state index contributed by atoms with van der Waals surface area (Å²) in [4.78, 5) is 0. The first-order valence-corrected chi connectivity index (χ1v) is 7.72. The van der Waals surface area contributed by atoms with Crippen molar-refractivity contribution in [1.29, 1.82) is 0 Å². The van der Waals surface area contributed by atoms with Crippen molar-refractivity contribution >= 4 is 15.9 Å². The van der Waals surface area contributed by atoms with E-state index in [4.69, 9.17) is 0 Å². The minimum Gasteiger partial charge on any atom is -0.0928 e. The molecule has 0 unspecified atom stereocenters. The smallest absolute Gasteiger partial charge is 0.00979 e. The van der Waals surface area contributed by atoms with Crippen LogP contribution in [0.5, 0.6) is 0 Å². The van der Waals surface area contributed by atoms with E-state index in [2.05, 4.69) is 70.5 Å². The lowest BCUT2D eigenvalue weighted by Gasteiger charge is -2.12. The number of rotatable bonds is 3. The molecule has 2 atom stereocenters. The lowest BCUT2D eigenvalue weighted by atomic mass is 9.92. The van der Waals surface area contributed by atoms with E-state index in [0.29, 0.717) is 11.8 Å². The zero-order valence-electron chi connectivity index (χ0n) is 10.4. The zero-order chi connectivity index (χ0) is 12.4. The number of hydrogen-bond acceptors (Lipinski definition) is 0. The van der Waals surface area contributed by atoms with Crippen LogP contribution in [0.15, 0.2) is 54.6 Å². The molecule has 92 valence electrons. The number of fused-ring (bicyclic) bond motifs is 1. The van der Waals surface area contributed by atoms with Crippen LogP contribution >= 0.6 is 15.9 Å². The lowest BCUT2D eigenvalue weighted by molar-refractivity contribution is 0.625. The molecule has 0 fully saturated rings. The van der Waals surface area contributed by atoms with Gasteiger partial charge in [0.1, 0.15) is 0 Å². The average molecular weight is 301 g/mol. The third-order valence-corrected chi connectivity index (χ3v) is 4.45. The summed E-state index contributed by atoms with van der Waals surface area (Å²) in [5.41, 5.74) is 4.56. The van der Waals surface area contributed by atoms with Crippen molar-refractivity contribution in [3.8, 4) is 0 Å². The second-order valence-corrected chi connectivity index (χ2v) is 5.80.